The summed E-state index contributed by atoms with van der Waals surface area (Å²) in [4.78, 5) is 15.0. The van der Waals surface area contributed by atoms with Crippen LogP contribution in [0.2, 0.25) is 0 Å². The summed E-state index contributed by atoms with van der Waals surface area (Å²) >= 11 is 0. The molecular weight excluding hydrogens is 222 g/mol. The Balaban J connectivity index is 2.17. The molecule has 2 aromatic rings. The van der Waals surface area contributed by atoms with Gasteiger partial charge in [-0.1, -0.05) is 0 Å². The Kier molecular flexibility index (Phi) is 2.12. The fourth-order valence-electron chi connectivity index (χ4n) is 1.93. The second-order valence-corrected chi connectivity index (χ2v) is 4.09. The van der Waals surface area contributed by atoms with Gasteiger partial charge in [0.25, 0.3) is 0 Å². The lowest BCUT2D eigenvalue weighted by atomic mass is 10.2. The molecule has 0 aliphatic carbocycles. The summed E-state index contributed by atoms with van der Waals surface area (Å²) in [5.41, 5.74) is 2.30. The zero-order chi connectivity index (χ0) is 12.0. The minimum Gasteiger partial charge on any atom is -0.477 e. The van der Waals surface area contributed by atoms with Gasteiger partial charge < -0.3 is 9.84 Å². The number of aryl methyl sites for hydroxylation is 1. The maximum atomic E-state index is 10.9. The van der Waals surface area contributed by atoms with Gasteiger partial charge in [0.1, 0.15) is 11.2 Å². The Hall–Kier alpha value is -1.95. The summed E-state index contributed by atoms with van der Waals surface area (Å²) in [7, 11) is 0. The van der Waals surface area contributed by atoms with E-state index >= 15 is 0 Å². The smallest absolute Gasteiger partial charge is 0.354 e. The normalized spacial score (nSPS) is 16.1. The molecule has 17 heavy (non-hydrogen) atoms. The van der Waals surface area contributed by atoms with Crippen LogP contribution in [0.15, 0.2) is 12.1 Å². The monoisotopic (exact) mass is 233 g/mol. The summed E-state index contributed by atoms with van der Waals surface area (Å²) < 4.78 is 7.00. The number of carboxylic acid groups (broad SMARTS) is 1. The topological polar surface area (TPSA) is 77.2 Å². The lowest BCUT2D eigenvalue weighted by molar-refractivity contribution is -0.0267. The summed E-state index contributed by atoms with van der Waals surface area (Å²) in [6.07, 6.45) is 0. The first-order valence-electron chi connectivity index (χ1n) is 5.33. The number of hydrogen-bond acceptors (Lipinski definition) is 4. The van der Waals surface area contributed by atoms with Crippen LogP contribution in [0.3, 0.4) is 0 Å². The van der Waals surface area contributed by atoms with Gasteiger partial charge in [-0.15, -0.1) is 0 Å². The van der Waals surface area contributed by atoms with Crippen LogP contribution >= 0.6 is 0 Å². The predicted molar refractivity (Wildman–Crippen MR) is 59.1 cm³/mol. The lowest BCUT2D eigenvalue weighted by Gasteiger charge is -2.26. The van der Waals surface area contributed by atoms with E-state index in [0.29, 0.717) is 18.7 Å². The third-order valence-electron chi connectivity index (χ3n) is 2.91. The predicted octanol–water partition coefficient (Wildman–Crippen LogP) is 1.01. The standard InChI is InChI=1S/C11H11N3O3/c1-6-10-9(3-2-8(12-10)11(15)16)14(13-6)7-4-17-5-7/h2-3,7H,4-5H2,1H3,(H,15,16). The largest absolute Gasteiger partial charge is 0.477 e. The van der Waals surface area contributed by atoms with E-state index in [4.69, 9.17) is 9.84 Å². The van der Waals surface area contributed by atoms with Gasteiger partial charge in [0, 0.05) is 0 Å². The molecule has 0 amide bonds. The molecule has 3 rings (SSSR count). The Morgan fingerprint density at radius 3 is 2.88 bits per heavy atom. The molecule has 6 heteroatoms. The number of aromatic carboxylic acids is 1. The number of ether oxygens (including phenoxy) is 1. The van der Waals surface area contributed by atoms with Gasteiger partial charge in [0.05, 0.1) is 30.5 Å². The molecule has 1 aliphatic heterocycles. The maximum absolute atomic E-state index is 10.9. The first-order valence-corrected chi connectivity index (χ1v) is 5.33. The molecule has 1 N–H and O–H groups in total. The Morgan fingerprint density at radius 2 is 2.29 bits per heavy atom. The van der Waals surface area contributed by atoms with Gasteiger partial charge in [-0.3, -0.25) is 4.68 Å². The summed E-state index contributed by atoms with van der Waals surface area (Å²) in [5, 5.41) is 13.3. The van der Waals surface area contributed by atoms with Crippen molar-refractivity contribution < 1.29 is 14.6 Å². The van der Waals surface area contributed by atoms with Crippen molar-refractivity contribution in [2.75, 3.05) is 13.2 Å². The molecule has 0 bridgehead atoms. The van der Waals surface area contributed by atoms with Crippen LogP contribution in [-0.4, -0.2) is 39.1 Å². The van der Waals surface area contributed by atoms with E-state index in [-0.39, 0.29) is 11.7 Å². The number of carboxylic acids is 1. The van der Waals surface area contributed by atoms with Crippen molar-refractivity contribution in [3.63, 3.8) is 0 Å². The van der Waals surface area contributed by atoms with Crippen LogP contribution < -0.4 is 0 Å². The molecular formula is C11H11N3O3. The number of carbonyl (C=O) groups is 1. The number of fused-ring (bicyclic) bond motifs is 1. The molecule has 0 spiro atoms. The van der Waals surface area contributed by atoms with Crippen LogP contribution in [0.1, 0.15) is 22.2 Å². The van der Waals surface area contributed by atoms with E-state index in [0.717, 1.165) is 11.2 Å². The molecule has 3 heterocycles. The molecule has 1 fully saturated rings. The Bertz CT molecular complexity index is 601. The number of aromatic nitrogens is 3. The van der Waals surface area contributed by atoms with Gasteiger partial charge in [-0.05, 0) is 19.1 Å². The molecule has 6 nitrogen and oxygen atoms in total. The minimum absolute atomic E-state index is 0.0463. The van der Waals surface area contributed by atoms with Crippen LogP contribution in [0.4, 0.5) is 0 Å². The zero-order valence-electron chi connectivity index (χ0n) is 9.25. The van der Waals surface area contributed by atoms with Gasteiger partial charge >= 0.3 is 5.97 Å². The molecule has 0 radical (unpaired) electrons. The fraction of sp³-hybridized carbons (Fsp3) is 0.364. The van der Waals surface area contributed by atoms with Crippen molar-refractivity contribution in [3.05, 3.63) is 23.5 Å². The molecule has 1 saturated heterocycles. The maximum Gasteiger partial charge on any atom is 0.354 e. The van der Waals surface area contributed by atoms with Gasteiger partial charge in [0.2, 0.25) is 0 Å². The average Bonchev–Trinajstić information content (AvgIpc) is 2.54. The van der Waals surface area contributed by atoms with Crippen molar-refractivity contribution in [2.45, 2.75) is 13.0 Å². The van der Waals surface area contributed by atoms with Gasteiger partial charge in [-0.25, -0.2) is 9.78 Å². The van der Waals surface area contributed by atoms with E-state index < -0.39 is 5.97 Å². The number of nitrogens with zero attached hydrogens (tertiary/aromatic N) is 3. The molecule has 0 aromatic carbocycles. The van der Waals surface area contributed by atoms with E-state index in [1.807, 2.05) is 11.6 Å². The first kappa shape index (κ1) is 10.2. The lowest BCUT2D eigenvalue weighted by Crippen LogP contribution is -2.31. The highest BCUT2D eigenvalue weighted by Gasteiger charge is 2.24. The highest BCUT2D eigenvalue weighted by molar-refractivity contribution is 5.89. The minimum atomic E-state index is -1.02. The average molecular weight is 233 g/mol. The summed E-state index contributed by atoms with van der Waals surface area (Å²) in [6, 6.07) is 3.50. The number of pyridine rings is 1. The van der Waals surface area contributed by atoms with Crippen molar-refractivity contribution in [1.29, 1.82) is 0 Å². The van der Waals surface area contributed by atoms with E-state index in [2.05, 4.69) is 10.1 Å². The van der Waals surface area contributed by atoms with E-state index in [1.165, 1.54) is 6.07 Å². The number of rotatable bonds is 2. The van der Waals surface area contributed by atoms with Crippen molar-refractivity contribution in [1.82, 2.24) is 14.8 Å². The van der Waals surface area contributed by atoms with Crippen molar-refractivity contribution in [2.24, 2.45) is 0 Å². The highest BCUT2D eigenvalue weighted by Crippen LogP contribution is 2.24. The first-order chi connectivity index (χ1) is 8.16. The highest BCUT2D eigenvalue weighted by atomic mass is 16.5. The van der Waals surface area contributed by atoms with E-state index in [9.17, 15) is 4.79 Å². The SMILES string of the molecule is Cc1nn(C2COC2)c2ccc(C(=O)O)nc12. The summed E-state index contributed by atoms with van der Waals surface area (Å²) in [5.74, 6) is -1.02. The van der Waals surface area contributed by atoms with E-state index in [1.54, 1.807) is 6.07 Å². The van der Waals surface area contributed by atoms with Crippen LogP contribution in [-0.2, 0) is 4.74 Å². The third-order valence-corrected chi connectivity index (χ3v) is 2.91. The fourth-order valence-corrected chi connectivity index (χ4v) is 1.93. The quantitative estimate of drug-likeness (QED) is 0.837. The second kappa shape index (κ2) is 3.53. The Labute approximate surface area is 96.8 Å². The van der Waals surface area contributed by atoms with Gasteiger partial charge in [-0.2, -0.15) is 5.10 Å². The molecule has 88 valence electrons. The number of hydrogen-bond donors (Lipinski definition) is 1. The van der Waals surface area contributed by atoms with Crippen molar-refractivity contribution >= 4 is 17.0 Å². The zero-order valence-corrected chi connectivity index (χ0v) is 9.25. The molecule has 1 aliphatic rings. The molecule has 0 atom stereocenters. The molecule has 2 aromatic heterocycles. The van der Waals surface area contributed by atoms with Crippen LogP contribution in [0.5, 0.6) is 0 Å². The van der Waals surface area contributed by atoms with Crippen molar-refractivity contribution in [3.8, 4) is 0 Å². The third kappa shape index (κ3) is 1.49. The molecule has 0 unspecified atom stereocenters. The van der Waals surface area contributed by atoms with Crippen LogP contribution in [0.25, 0.3) is 11.0 Å². The Morgan fingerprint density at radius 1 is 1.53 bits per heavy atom. The summed E-state index contributed by atoms with van der Waals surface area (Å²) in [6.45, 7) is 3.13. The van der Waals surface area contributed by atoms with Gasteiger partial charge in [0.15, 0.2) is 0 Å². The second-order valence-electron chi connectivity index (χ2n) is 4.09. The molecule has 0 saturated carbocycles. The van der Waals surface area contributed by atoms with Crippen LogP contribution in [0, 0.1) is 6.92 Å².